The molecule has 0 amide bonds. The number of benzene rings is 1. The Kier molecular flexibility index (Phi) is 3.26. The highest BCUT2D eigenvalue weighted by Gasteiger charge is 2.42. The molecule has 15 heavy (non-hydrogen) atoms. The van der Waals surface area contributed by atoms with Crippen LogP contribution in [0.5, 0.6) is 5.75 Å². The van der Waals surface area contributed by atoms with Crippen molar-refractivity contribution in [3.8, 4) is 5.75 Å². The van der Waals surface area contributed by atoms with Gasteiger partial charge in [0.05, 0.1) is 11.1 Å². The minimum Gasteiger partial charge on any atom is -0.493 e. The van der Waals surface area contributed by atoms with Crippen LogP contribution in [0.15, 0.2) is 22.7 Å². The lowest BCUT2D eigenvalue weighted by Crippen LogP contribution is -2.14. The second kappa shape index (κ2) is 4.34. The Hall–Kier alpha value is -0.220. The first-order valence-electron chi connectivity index (χ1n) is 4.84. The lowest BCUT2D eigenvalue weighted by molar-refractivity contribution is 0.249. The van der Waals surface area contributed by atoms with Crippen molar-refractivity contribution in [2.45, 2.75) is 12.8 Å². The summed E-state index contributed by atoms with van der Waals surface area (Å²) in [5.41, 5.74) is 0.243. The molecule has 0 aliphatic heterocycles. The quantitative estimate of drug-likeness (QED) is 0.833. The van der Waals surface area contributed by atoms with Gasteiger partial charge >= 0.3 is 0 Å². The van der Waals surface area contributed by atoms with E-state index in [0.29, 0.717) is 16.8 Å². The molecule has 1 aromatic rings. The molecule has 4 heteroatoms. The summed E-state index contributed by atoms with van der Waals surface area (Å²) < 4.78 is 19.2. The third kappa shape index (κ3) is 2.67. The average molecular weight is 291 g/mol. The number of ether oxygens (including phenoxy) is 1. The van der Waals surface area contributed by atoms with Crippen molar-refractivity contribution in [2.75, 3.05) is 12.4 Å². The topological polar surface area (TPSA) is 9.23 Å². The van der Waals surface area contributed by atoms with Crippen LogP contribution >= 0.6 is 28.6 Å². The van der Waals surface area contributed by atoms with E-state index in [9.17, 15) is 4.39 Å². The van der Waals surface area contributed by atoms with Crippen LogP contribution in [-0.4, -0.2) is 12.4 Å². The molecule has 1 aliphatic rings. The van der Waals surface area contributed by atoms with Crippen molar-refractivity contribution < 1.29 is 9.13 Å². The highest BCUT2D eigenvalue weighted by Crippen LogP contribution is 2.46. The van der Waals surface area contributed by atoms with Crippen LogP contribution in [0.4, 0.5) is 4.39 Å². The van der Waals surface area contributed by atoms with Gasteiger partial charge in [0.1, 0.15) is 11.6 Å². The zero-order valence-corrected chi connectivity index (χ0v) is 10.7. The second-order valence-corrected chi connectivity index (χ2v) is 5.19. The molecule has 0 bridgehead atoms. The number of rotatable bonds is 4. The lowest BCUT2D eigenvalue weighted by atomic mass is 10.2. The van der Waals surface area contributed by atoms with Crippen LogP contribution in [-0.2, 0) is 0 Å². The van der Waals surface area contributed by atoms with E-state index in [1.165, 1.54) is 6.07 Å². The summed E-state index contributed by atoms with van der Waals surface area (Å²) in [6.07, 6.45) is 2.32. The third-order valence-electron chi connectivity index (χ3n) is 2.73. The van der Waals surface area contributed by atoms with Crippen LogP contribution in [0, 0.1) is 11.2 Å². The van der Waals surface area contributed by atoms with Gasteiger partial charge in [-0.1, -0.05) is 0 Å². The van der Waals surface area contributed by atoms with Crippen molar-refractivity contribution in [3.63, 3.8) is 0 Å². The fourth-order valence-corrected chi connectivity index (χ4v) is 1.98. The van der Waals surface area contributed by atoms with Crippen molar-refractivity contribution in [2.24, 2.45) is 5.41 Å². The molecule has 0 saturated heterocycles. The molecule has 0 N–H and O–H groups in total. The van der Waals surface area contributed by atoms with Crippen LogP contribution in [0.2, 0.25) is 0 Å². The van der Waals surface area contributed by atoms with Gasteiger partial charge in [0.25, 0.3) is 0 Å². The maximum absolute atomic E-state index is 13.2. The molecule has 2 rings (SSSR count). The van der Waals surface area contributed by atoms with Gasteiger partial charge in [0, 0.05) is 11.5 Å². The SMILES string of the molecule is Fc1cc(OCC2(CS)CC2)ccc1Br. The van der Waals surface area contributed by atoms with E-state index in [4.69, 9.17) is 4.74 Å². The van der Waals surface area contributed by atoms with Crippen LogP contribution in [0.3, 0.4) is 0 Å². The molecule has 1 aromatic carbocycles. The van der Waals surface area contributed by atoms with E-state index in [1.807, 2.05) is 0 Å². The molecular weight excluding hydrogens is 279 g/mol. The van der Waals surface area contributed by atoms with E-state index in [0.717, 1.165) is 18.6 Å². The van der Waals surface area contributed by atoms with Crippen molar-refractivity contribution in [1.29, 1.82) is 0 Å². The summed E-state index contributed by atoms with van der Waals surface area (Å²) >= 11 is 7.39. The minimum atomic E-state index is -0.289. The third-order valence-corrected chi connectivity index (χ3v) is 4.04. The Morgan fingerprint density at radius 1 is 1.47 bits per heavy atom. The molecule has 1 nitrogen and oxygen atoms in total. The summed E-state index contributed by atoms with van der Waals surface area (Å²) in [5.74, 6) is 1.14. The van der Waals surface area contributed by atoms with Gasteiger partial charge in [-0.2, -0.15) is 12.6 Å². The number of hydrogen-bond donors (Lipinski definition) is 1. The van der Waals surface area contributed by atoms with Gasteiger partial charge in [-0.05, 0) is 46.7 Å². The Morgan fingerprint density at radius 3 is 2.73 bits per heavy atom. The Labute approximate surface area is 103 Å². The maximum atomic E-state index is 13.2. The zero-order valence-electron chi connectivity index (χ0n) is 8.17. The first kappa shape index (κ1) is 11.3. The van der Waals surface area contributed by atoms with Crippen LogP contribution < -0.4 is 4.74 Å². The van der Waals surface area contributed by atoms with Crippen LogP contribution in [0.25, 0.3) is 0 Å². The molecular formula is C11H12BrFOS. The fraction of sp³-hybridized carbons (Fsp3) is 0.455. The van der Waals surface area contributed by atoms with Crippen molar-refractivity contribution >= 4 is 28.6 Å². The van der Waals surface area contributed by atoms with Gasteiger partial charge in [-0.3, -0.25) is 0 Å². The van der Waals surface area contributed by atoms with Gasteiger partial charge in [0.15, 0.2) is 0 Å². The van der Waals surface area contributed by atoms with Crippen molar-refractivity contribution in [3.05, 3.63) is 28.5 Å². The van der Waals surface area contributed by atoms with E-state index < -0.39 is 0 Å². The average Bonchev–Trinajstić information content (AvgIpc) is 3.01. The van der Waals surface area contributed by atoms with E-state index in [2.05, 4.69) is 28.6 Å². The lowest BCUT2D eigenvalue weighted by Gasteiger charge is -2.13. The maximum Gasteiger partial charge on any atom is 0.141 e. The largest absolute Gasteiger partial charge is 0.493 e. The monoisotopic (exact) mass is 290 g/mol. The predicted molar refractivity (Wildman–Crippen MR) is 65.1 cm³/mol. The molecule has 1 aliphatic carbocycles. The van der Waals surface area contributed by atoms with Gasteiger partial charge in [0.2, 0.25) is 0 Å². The smallest absolute Gasteiger partial charge is 0.141 e. The molecule has 1 saturated carbocycles. The summed E-state index contributed by atoms with van der Waals surface area (Å²) in [5, 5.41) is 0. The van der Waals surface area contributed by atoms with Crippen LogP contribution in [0.1, 0.15) is 12.8 Å². The molecule has 0 spiro atoms. The Balaban J connectivity index is 1.96. The normalized spacial score (nSPS) is 17.5. The fourth-order valence-electron chi connectivity index (χ4n) is 1.33. The molecule has 0 unspecified atom stereocenters. The first-order valence-corrected chi connectivity index (χ1v) is 6.26. The second-order valence-electron chi connectivity index (χ2n) is 4.02. The number of hydrogen-bond acceptors (Lipinski definition) is 2. The first-order chi connectivity index (χ1) is 7.15. The summed E-state index contributed by atoms with van der Waals surface area (Å²) in [7, 11) is 0. The predicted octanol–water partition coefficient (Wildman–Crippen LogP) is 3.68. The summed E-state index contributed by atoms with van der Waals surface area (Å²) in [6, 6.07) is 4.82. The molecule has 0 heterocycles. The molecule has 0 aromatic heterocycles. The summed E-state index contributed by atoms with van der Waals surface area (Å²) in [4.78, 5) is 0. The highest BCUT2D eigenvalue weighted by molar-refractivity contribution is 9.10. The molecule has 82 valence electrons. The van der Waals surface area contributed by atoms with Crippen molar-refractivity contribution in [1.82, 2.24) is 0 Å². The Bertz CT molecular complexity index is 366. The molecule has 0 radical (unpaired) electrons. The molecule has 0 atom stereocenters. The zero-order chi connectivity index (χ0) is 10.9. The number of thiol groups is 1. The van der Waals surface area contributed by atoms with Gasteiger partial charge in [-0.25, -0.2) is 4.39 Å². The van der Waals surface area contributed by atoms with Gasteiger partial charge < -0.3 is 4.74 Å². The van der Waals surface area contributed by atoms with E-state index in [-0.39, 0.29) is 11.2 Å². The Morgan fingerprint density at radius 2 is 2.20 bits per heavy atom. The van der Waals surface area contributed by atoms with E-state index >= 15 is 0 Å². The summed E-state index contributed by atoms with van der Waals surface area (Å²) in [6.45, 7) is 0.636. The van der Waals surface area contributed by atoms with E-state index in [1.54, 1.807) is 12.1 Å². The standard InChI is InChI=1S/C11H12BrFOS/c12-9-2-1-8(5-10(9)13)14-6-11(7-15)3-4-11/h1-2,5,15H,3-4,6-7H2. The molecule has 1 fully saturated rings. The number of halogens is 2. The highest BCUT2D eigenvalue weighted by atomic mass is 79.9. The minimum absolute atomic E-state index is 0.243. The van der Waals surface area contributed by atoms with Gasteiger partial charge in [-0.15, -0.1) is 0 Å².